The highest BCUT2D eigenvalue weighted by Crippen LogP contribution is 2.38. The van der Waals surface area contributed by atoms with E-state index in [1.807, 2.05) is 19.3 Å². The summed E-state index contributed by atoms with van der Waals surface area (Å²) in [6, 6.07) is 13.5. The van der Waals surface area contributed by atoms with Gasteiger partial charge in [0.15, 0.2) is 0 Å². The van der Waals surface area contributed by atoms with Crippen LogP contribution in [-0.2, 0) is 19.3 Å². The van der Waals surface area contributed by atoms with Gasteiger partial charge in [-0.1, -0.05) is 74.4 Å². The minimum atomic E-state index is 0.686. The molecule has 2 aliphatic carbocycles. The molecule has 3 aromatic rings. The molecule has 0 unspecified atom stereocenters. The fourth-order valence-electron chi connectivity index (χ4n) is 5.19. The van der Waals surface area contributed by atoms with Gasteiger partial charge in [0.2, 0.25) is 0 Å². The molecule has 4 nitrogen and oxygen atoms in total. The SMILES string of the molecule is C1=Cc2c(ccc3c2CCc2ccccc2-3)CC1.CCCCCOc1nsnc1C1=CC=CN(C)C1. The molecule has 0 radical (unpaired) electrons. The van der Waals surface area contributed by atoms with E-state index < -0.39 is 0 Å². The Morgan fingerprint density at radius 1 is 0.972 bits per heavy atom. The molecule has 0 N–H and O–H groups in total. The Labute approximate surface area is 219 Å². The van der Waals surface area contributed by atoms with Crippen LogP contribution in [-0.4, -0.2) is 33.8 Å². The van der Waals surface area contributed by atoms with Crippen LogP contribution in [0.15, 0.2) is 60.8 Å². The lowest BCUT2D eigenvalue weighted by molar-refractivity contribution is 0.296. The van der Waals surface area contributed by atoms with Gasteiger partial charge in [-0.3, -0.25) is 0 Å². The van der Waals surface area contributed by atoms with E-state index in [1.165, 1.54) is 83.6 Å². The van der Waals surface area contributed by atoms with E-state index in [0.717, 1.165) is 25.3 Å². The summed E-state index contributed by atoms with van der Waals surface area (Å²) < 4.78 is 14.3. The average molecular weight is 498 g/mol. The van der Waals surface area contributed by atoms with E-state index >= 15 is 0 Å². The van der Waals surface area contributed by atoms with Gasteiger partial charge < -0.3 is 9.64 Å². The number of aromatic nitrogens is 2. The number of hydrogen-bond donors (Lipinski definition) is 0. The molecule has 0 saturated heterocycles. The lowest BCUT2D eigenvalue weighted by atomic mass is 9.80. The molecule has 0 amide bonds. The molecule has 2 heterocycles. The van der Waals surface area contributed by atoms with Crippen molar-refractivity contribution in [3.05, 3.63) is 88.8 Å². The number of aryl methyl sites for hydroxylation is 2. The molecular weight excluding hydrogens is 462 g/mol. The van der Waals surface area contributed by atoms with Gasteiger partial charge in [0.1, 0.15) is 5.69 Å². The molecular formula is C31H35N3OS. The van der Waals surface area contributed by atoms with Crippen LogP contribution in [0.1, 0.15) is 60.6 Å². The zero-order valence-electron chi connectivity index (χ0n) is 21.4. The summed E-state index contributed by atoms with van der Waals surface area (Å²) in [5.41, 5.74) is 11.1. The normalized spacial score (nSPS) is 15.3. The smallest absolute Gasteiger partial charge is 0.253 e. The van der Waals surface area contributed by atoms with Crippen LogP contribution >= 0.6 is 11.7 Å². The van der Waals surface area contributed by atoms with Gasteiger partial charge >= 0.3 is 0 Å². The number of likely N-dealkylation sites (N-methyl/N-ethyl adjacent to an activating group) is 1. The first kappa shape index (κ1) is 24.5. The number of rotatable bonds is 6. The monoisotopic (exact) mass is 497 g/mol. The lowest BCUT2D eigenvalue weighted by Crippen LogP contribution is -2.16. The summed E-state index contributed by atoms with van der Waals surface area (Å²) in [4.78, 5) is 2.12. The second kappa shape index (κ2) is 11.7. The molecule has 0 spiro atoms. The Bertz CT molecular complexity index is 1290. The quantitative estimate of drug-likeness (QED) is 0.334. The molecule has 186 valence electrons. The Kier molecular flexibility index (Phi) is 7.97. The predicted molar refractivity (Wildman–Crippen MR) is 151 cm³/mol. The molecule has 6 rings (SSSR count). The van der Waals surface area contributed by atoms with Gasteiger partial charge in [0, 0.05) is 19.2 Å². The number of nitrogens with zero attached hydrogens (tertiary/aromatic N) is 3. The maximum absolute atomic E-state index is 5.72. The van der Waals surface area contributed by atoms with E-state index in [4.69, 9.17) is 4.74 Å². The first-order valence-corrected chi connectivity index (χ1v) is 13.9. The third kappa shape index (κ3) is 5.46. The van der Waals surface area contributed by atoms with Crippen molar-refractivity contribution < 1.29 is 4.74 Å². The van der Waals surface area contributed by atoms with E-state index in [1.54, 1.807) is 5.56 Å². The highest BCUT2D eigenvalue weighted by Gasteiger charge is 2.20. The Hall–Kier alpha value is -3.18. The van der Waals surface area contributed by atoms with Gasteiger partial charge in [-0.05, 0) is 77.8 Å². The van der Waals surface area contributed by atoms with Crippen LogP contribution in [0.2, 0.25) is 0 Å². The zero-order chi connectivity index (χ0) is 24.7. The fourth-order valence-corrected chi connectivity index (χ4v) is 5.72. The maximum Gasteiger partial charge on any atom is 0.253 e. The van der Waals surface area contributed by atoms with Crippen LogP contribution < -0.4 is 4.74 Å². The number of ether oxygens (including phenoxy) is 1. The van der Waals surface area contributed by atoms with Crippen molar-refractivity contribution in [1.29, 1.82) is 0 Å². The summed E-state index contributed by atoms with van der Waals surface area (Å²) in [7, 11) is 2.05. The van der Waals surface area contributed by atoms with E-state index in [0.29, 0.717) is 5.88 Å². The number of fused-ring (bicyclic) bond motifs is 5. The van der Waals surface area contributed by atoms with Gasteiger partial charge in [-0.2, -0.15) is 4.37 Å². The molecule has 1 aliphatic heterocycles. The summed E-state index contributed by atoms with van der Waals surface area (Å²) in [6.45, 7) is 3.77. The Balaban J connectivity index is 0.000000148. The summed E-state index contributed by atoms with van der Waals surface area (Å²) in [5.74, 6) is 0.686. The van der Waals surface area contributed by atoms with Crippen LogP contribution in [0.4, 0.5) is 0 Å². The number of unbranched alkanes of at least 4 members (excludes halogenated alkanes) is 2. The predicted octanol–water partition coefficient (Wildman–Crippen LogP) is 7.36. The maximum atomic E-state index is 5.72. The van der Waals surface area contributed by atoms with Gasteiger partial charge in [-0.25, -0.2) is 0 Å². The Morgan fingerprint density at radius 2 is 1.89 bits per heavy atom. The van der Waals surface area contributed by atoms with E-state index in [2.05, 4.69) is 75.2 Å². The fraction of sp³-hybridized carbons (Fsp3) is 0.355. The molecule has 1 aromatic heterocycles. The van der Waals surface area contributed by atoms with E-state index in [-0.39, 0.29) is 0 Å². The van der Waals surface area contributed by atoms with Crippen molar-refractivity contribution in [3.63, 3.8) is 0 Å². The number of benzene rings is 2. The van der Waals surface area contributed by atoms with Crippen LogP contribution in [0.5, 0.6) is 5.88 Å². The highest BCUT2D eigenvalue weighted by molar-refractivity contribution is 6.99. The first-order chi connectivity index (χ1) is 17.7. The van der Waals surface area contributed by atoms with Crippen molar-refractivity contribution in [3.8, 4) is 17.0 Å². The summed E-state index contributed by atoms with van der Waals surface area (Å²) in [6.07, 6.45) is 19.1. The molecule has 0 saturated carbocycles. The van der Waals surface area contributed by atoms with E-state index in [9.17, 15) is 0 Å². The van der Waals surface area contributed by atoms with Crippen molar-refractivity contribution >= 4 is 23.4 Å². The molecule has 2 aromatic carbocycles. The largest absolute Gasteiger partial charge is 0.475 e. The lowest BCUT2D eigenvalue weighted by Gasteiger charge is -2.24. The summed E-state index contributed by atoms with van der Waals surface area (Å²) >= 11 is 1.22. The van der Waals surface area contributed by atoms with Crippen molar-refractivity contribution in [2.45, 2.75) is 51.9 Å². The third-order valence-corrected chi connectivity index (χ3v) is 7.58. The van der Waals surface area contributed by atoms with Crippen LogP contribution in [0.3, 0.4) is 0 Å². The molecule has 36 heavy (non-hydrogen) atoms. The standard InChI is InChI=1S/C18H16.C13H19N3OS/c1-3-7-15-13(5-1)9-11-18-16-8-4-2-6-14(16)10-12-17(15)18;1-3-4-5-9-17-13-12(14-18-15-13)11-7-6-8-16(2)10-11/h1,3-5,7-8,10,12H,2,6,9,11H2;6-8H,3-5,9-10H2,1-2H3. The van der Waals surface area contributed by atoms with Crippen molar-refractivity contribution in [1.82, 2.24) is 13.6 Å². The average Bonchev–Trinajstić information content (AvgIpc) is 3.40. The number of hydrogen-bond acceptors (Lipinski definition) is 5. The van der Waals surface area contributed by atoms with Crippen LogP contribution in [0.25, 0.3) is 22.8 Å². The molecule has 5 heteroatoms. The van der Waals surface area contributed by atoms with Crippen molar-refractivity contribution in [2.24, 2.45) is 0 Å². The van der Waals surface area contributed by atoms with Crippen molar-refractivity contribution in [2.75, 3.05) is 20.2 Å². The topological polar surface area (TPSA) is 38.3 Å². The highest BCUT2D eigenvalue weighted by atomic mass is 32.1. The molecule has 0 atom stereocenters. The molecule has 3 aliphatic rings. The minimum absolute atomic E-state index is 0.686. The Morgan fingerprint density at radius 3 is 2.78 bits per heavy atom. The zero-order valence-corrected chi connectivity index (χ0v) is 22.2. The summed E-state index contributed by atoms with van der Waals surface area (Å²) in [5, 5.41) is 0. The minimum Gasteiger partial charge on any atom is -0.475 e. The third-order valence-electron chi connectivity index (χ3n) is 7.07. The first-order valence-electron chi connectivity index (χ1n) is 13.2. The second-order valence-corrected chi connectivity index (χ2v) is 10.2. The van der Waals surface area contributed by atoms with Gasteiger partial charge in [0.25, 0.3) is 5.88 Å². The number of allylic oxidation sites excluding steroid dienone is 3. The van der Waals surface area contributed by atoms with Crippen LogP contribution in [0, 0.1) is 0 Å². The second-order valence-electron chi connectivity index (χ2n) is 9.68. The van der Waals surface area contributed by atoms with Gasteiger partial charge in [-0.15, -0.1) is 4.37 Å². The molecule has 0 fully saturated rings. The van der Waals surface area contributed by atoms with Gasteiger partial charge in [0.05, 0.1) is 18.3 Å². The molecule has 0 bridgehead atoms.